The summed E-state index contributed by atoms with van der Waals surface area (Å²) in [5.41, 5.74) is 0.759. The Hall–Kier alpha value is 0.0300. The van der Waals surface area contributed by atoms with Crippen molar-refractivity contribution in [2.45, 2.75) is 13.0 Å². The molecule has 1 aliphatic rings. The molecule has 0 aliphatic carbocycles. The lowest BCUT2D eigenvalue weighted by Crippen LogP contribution is -2.32. The molecule has 1 rings (SSSR count). The van der Waals surface area contributed by atoms with E-state index in [-0.39, 0.29) is 11.9 Å². The van der Waals surface area contributed by atoms with Crippen LogP contribution >= 0.6 is 23.5 Å². The molecule has 0 aromatic carbocycles. The SMILES string of the molecule is CSC(SC)=C(C(C)=O)C1COCCO1. The van der Waals surface area contributed by atoms with E-state index in [4.69, 9.17) is 9.47 Å². The van der Waals surface area contributed by atoms with Crippen molar-refractivity contribution in [2.75, 3.05) is 32.3 Å². The zero-order valence-corrected chi connectivity index (χ0v) is 10.9. The highest BCUT2D eigenvalue weighted by Crippen LogP contribution is 2.31. The van der Waals surface area contributed by atoms with Crippen molar-refractivity contribution in [1.82, 2.24) is 0 Å². The van der Waals surface area contributed by atoms with Crippen LogP contribution in [0.2, 0.25) is 0 Å². The van der Waals surface area contributed by atoms with E-state index in [1.807, 2.05) is 12.5 Å². The molecule has 1 fully saturated rings. The highest BCUT2D eigenvalue weighted by Gasteiger charge is 2.25. The first-order valence-corrected chi connectivity index (χ1v) is 7.18. The largest absolute Gasteiger partial charge is 0.376 e. The van der Waals surface area contributed by atoms with Crippen molar-refractivity contribution in [2.24, 2.45) is 0 Å². The Labute approximate surface area is 99.0 Å². The normalized spacial score (nSPS) is 21.1. The Kier molecular flexibility index (Phi) is 5.74. The van der Waals surface area contributed by atoms with Gasteiger partial charge in [0.25, 0.3) is 0 Å². The quantitative estimate of drug-likeness (QED) is 0.710. The van der Waals surface area contributed by atoms with Gasteiger partial charge >= 0.3 is 0 Å². The van der Waals surface area contributed by atoms with Gasteiger partial charge in [0.15, 0.2) is 5.78 Å². The van der Waals surface area contributed by atoms with Crippen LogP contribution in [0.3, 0.4) is 0 Å². The molecule has 0 bridgehead atoms. The first-order valence-electron chi connectivity index (χ1n) is 4.73. The summed E-state index contributed by atoms with van der Waals surface area (Å²) < 4.78 is 11.9. The first kappa shape index (κ1) is 13.1. The van der Waals surface area contributed by atoms with Gasteiger partial charge in [-0.3, -0.25) is 4.79 Å². The summed E-state index contributed by atoms with van der Waals surface area (Å²) in [6.07, 6.45) is 3.75. The molecular weight excluding hydrogens is 232 g/mol. The fraction of sp³-hybridized carbons (Fsp3) is 0.700. The van der Waals surface area contributed by atoms with Crippen molar-refractivity contribution in [1.29, 1.82) is 0 Å². The summed E-state index contributed by atoms with van der Waals surface area (Å²) in [6, 6.07) is 0. The minimum Gasteiger partial charge on any atom is -0.376 e. The van der Waals surface area contributed by atoms with Crippen LogP contribution in [0.15, 0.2) is 9.81 Å². The summed E-state index contributed by atoms with van der Waals surface area (Å²) in [5, 5.41) is 0. The van der Waals surface area contributed by atoms with Gasteiger partial charge in [-0.25, -0.2) is 0 Å². The van der Waals surface area contributed by atoms with Crippen LogP contribution in [0.4, 0.5) is 0 Å². The molecule has 0 N–H and O–H groups in total. The Balaban J connectivity index is 2.89. The number of carbonyl (C=O) groups is 1. The minimum absolute atomic E-state index is 0.0733. The summed E-state index contributed by atoms with van der Waals surface area (Å²) in [4.78, 5) is 11.6. The van der Waals surface area contributed by atoms with Gasteiger partial charge in [-0.15, -0.1) is 23.5 Å². The predicted octanol–water partition coefficient (Wildman–Crippen LogP) is 1.93. The summed E-state index contributed by atoms with van der Waals surface area (Å²) in [6.45, 7) is 3.26. The maximum absolute atomic E-state index is 11.6. The van der Waals surface area contributed by atoms with E-state index in [9.17, 15) is 4.79 Å². The maximum atomic E-state index is 11.6. The molecule has 0 spiro atoms. The number of hydrogen-bond donors (Lipinski definition) is 0. The average molecular weight is 248 g/mol. The van der Waals surface area contributed by atoms with Crippen LogP contribution < -0.4 is 0 Å². The van der Waals surface area contributed by atoms with Crippen molar-refractivity contribution < 1.29 is 14.3 Å². The number of ether oxygens (including phenoxy) is 2. The monoisotopic (exact) mass is 248 g/mol. The van der Waals surface area contributed by atoms with Gasteiger partial charge in [-0.1, -0.05) is 0 Å². The average Bonchev–Trinajstić information content (AvgIpc) is 2.26. The van der Waals surface area contributed by atoms with Crippen molar-refractivity contribution in [3.05, 3.63) is 9.81 Å². The molecule has 1 unspecified atom stereocenters. The summed E-state index contributed by atoms with van der Waals surface area (Å²) in [7, 11) is 0. The standard InChI is InChI=1S/C10H16O3S2/c1-7(11)9(10(14-2)15-3)8-6-12-4-5-13-8/h8H,4-6H2,1-3H3. The molecule has 0 aromatic rings. The van der Waals surface area contributed by atoms with Gasteiger partial charge in [0, 0.05) is 9.81 Å². The number of rotatable bonds is 4. The van der Waals surface area contributed by atoms with E-state index < -0.39 is 0 Å². The van der Waals surface area contributed by atoms with Gasteiger partial charge in [-0.2, -0.15) is 0 Å². The van der Waals surface area contributed by atoms with Crippen molar-refractivity contribution >= 4 is 29.3 Å². The molecule has 86 valence electrons. The molecule has 0 aromatic heterocycles. The van der Waals surface area contributed by atoms with E-state index in [0.29, 0.717) is 19.8 Å². The second kappa shape index (κ2) is 6.58. The highest BCUT2D eigenvalue weighted by molar-refractivity contribution is 8.21. The first-order chi connectivity index (χ1) is 7.20. The van der Waals surface area contributed by atoms with Crippen LogP contribution in [0, 0.1) is 0 Å². The molecule has 1 heterocycles. The second-order valence-corrected chi connectivity index (χ2v) is 4.99. The van der Waals surface area contributed by atoms with Gasteiger partial charge in [-0.05, 0) is 19.4 Å². The molecule has 1 atom stereocenters. The minimum atomic E-state index is -0.189. The third kappa shape index (κ3) is 3.52. The van der Waals surface area contributed by atoms with Crippen LogP contribution in [0.5, 0.6) is 0 Å². The van der Waals surface area contributed by atoms with E-state index in [2.05, 4.69) is 0 Å². The number of Topliss-reactive ketones (excluding diaryl/α,β-unsaturated/α-hetero) is 1. The van der Waals surface area contributed by atoms with Gasteiger partial charge < -0.3 is 9.47 Å². The molecule has 3 nitrogen and oxygen atoms in total. The molecule has 1 aliphatic heterocycles. The third-order valence-corrected chi connectivity index (χ3v) is 4.29. The van der Waals surface area contributed by atoms with E-state index in [0.717, 1.165) is 9.81 Å². The highest BCUT2D eigenvalue weighted by atomic mass is 32.2. The number of ketones is 1. The molecule has 15 heavy (non-hydrogen) atoms. The van der Waals surface area contributed by atoms with E-state index >= 15 is 0 Å². The Morgan fingerprint density at radius 3 is 2.33 bits per heavy atom. The van der Waals surface area contributed by atoms with Crippen LogP contribution in [-0.4, -0.2) is 44.2 Å². The fourth-order valence-electron chi connectivity index (χ4n) is 1.46. The second-order valence-electron chi connectivity index (χ2n) is 3.10. The Bertz CT molecular complexity index is 251. The fourth-order valence-corrected chi connectivity index (χ4v) is 3.12. The third-order valence-electron chi connectivity index (χ3n) is 2.11. The molecule has 0 amide bonds. The van der Waals surface area contributed by atoms with Gasteiger partial charge in [0.2, 0.25) is 0 Å². The smallest absolute Gasteiger partial charge is 0.160 e. The molecular formula is C10H16O3S2. The summed E-state index contributed by atoms with van der Waals surface area (Å²) >= 11 is 3.17. The topological polar surface area (TPSA) is 35.5 Å². The molecule has 5 heteroatoms. The van der Waals surface area contributed by atoms with Crippen molar-refractivity contribution in [3.63, 3.8) is 0 Å². The lowest BCUT2D eigenvalue weighted by atomic mass is 10.1. The zero-order chi connectivity index (χ0) is 11.3. The van der Waals surface area contributed by atoms with E-state index in [1.165, 1.54) is 0 Å². The number of thioether (sulfide) groups is 2. The zero-order valence-electron chi connectivity index (χ0n) is 9.24. The Morgan fingerprint density at radius 2 is 1.93 bits per heavy atom. The van der Waals surface area contributed by atoms with Gasteiger partial charge in [0.1, 0.15) is 6.10 Å². The maximum Gasteiger partial charge on any atom is 0.160 e. The molecule has 0 saturated carbocycles. The van der Waals surface area contributed by atoms with E-state index in [1.54, 1.807) is 30.4 Å². The molecule has 1 saturated heterocycles. The van der Waals surface area contributed by atoms with Crippen molar-refractivity contribution in [3.8, 4) is 0 Å². The van der Waals surface area contributed by atoms with Crippen LogP contribution in [-0.2, 0) is 14.3 Å². The lowest BCUT2D eigenvalue weighted by Gasteiger charge is -2.25. The summed E-state index contributed by atoms with van der Waals surface area (Å²) in [5.74, 6) is 0.0733. The number of hydrogen-bond acceptors (Lipinski definition) is 5. The lowest BCUT2D eigenvalue weighted by molar-refractivity contribution is -0.118. The molecule has 0 radical (unpaired) electrons. The van der Waals surface area contributed by atoms with Gasteiger partial charge in [0.05, 0.1) is 19.8 Å². The van der Waals surface area contributed by atoms with Crippen LogP contribution in [0.25, 0.3) is 0 Å². The Morgan fingerprint density at radius 1 is 1.27 bits per heavy atom. The predicted molar refractivity (Wildman–Crippen MR) is 65.3 cm³/mol. The van der Waals surface area contributed by atoms with Crippen LogP contribution in [0.1, 0.15) is 6.92 Å². The number of carbonyl (C=O) groups excluding carboxylic acids is 1.